The maximum Gasteiger partial charge on any atom is 0.354 e. The van der Waals surface area contributed by atoms with Crippen molar-refractivity contribution in [2.24, 2.45) is 0 Å². The molecule has 3 heterocycles. The van der Waals surface area contributed by atoms with Crippen LogP contribution in [0.3, 0.4) is 0 Å². The van der Waals surface area contributed by atoms with Gasteiger partial charge in [-0.15, -0.1) is 0 Å². The van der Waals surface area contributed by atoms with Crippen LogP contribution in [0.2, 0.25) is 0 Å². The smallest absolute Gasteiger partial charge is 0.354 e. The quantitative estimate of drug-likeness (QED) is 0.753. The van der Waals surface area contributed by atoms with E-state index < -0.39 is 5.97 Å². The van der Waals surface area contributed by atoms with Gasteiger partial charge in [-0.2, -0.15) is 0 Å². The molecule has 0 aliphatic carbocycles. The van der Waals surface area contributed by atoms with Gasteiger partial charge >= 0.3 is 5.97 Å². The normalized spacial score (nSPS) is 12.6. The molecule has 0 radical (unpaired) electrons. The fourth-order valence-electron chi connectivity index (χ4n) is 2.78. The third-order valence-electron chi connectivity index (χ3n) is 4.48. The number of pyridine rings is 1. The zero-order valence-corrected chi connectivity index (χ0v) is 15.1. The highest BCUT2D eigenvalue weighted by molar-refractivity contribution is 5.89. The number of anilines is 1. The van der Waals surface area contributed by atoms with E-state index in [1.165, 1.54) is 6.07 Å². The Balaban J connectivity index is 1.93. The van der Waals surface area contributed by atoms with E-state index in [1.54, 1.807) is 6.07 Å². The van der Waals surface area contributed by atoms with Crippen molar-refractivity contribution in [2.75, 3.05) is 18.7 Å². The van der Waals surface area contributed by atoms with Crippen molar-refractivity contribution >= 4 is 23.0 Å². The Morgan fingerprint density at radius 2 is 1.89 bits per heavy atom. The van der Waals surface area contributed by atoms with Crippen LogP contribution in [-0.4, -0.2) is 45.9 Å². The van der Waals surface area contributed by atoms with Crippen molar-refractivity contribution in [3.63, 3.8) is 0 Å². The molecule has 0 bridgehead atoms. The van der Waals surface area contributed by atoms with Gasteiger partial charge in [0.1, 0.15) is 11.2 Å². The second-order valence-electron chi connectivity index (χ2n) is 6.51. The van der Waals surface area contributed by atoms with Gasteiger partial charge in [0.05, 0.1) is 0 Å². The SMILES string of the molecule is CC(C)N(C)c1nc2nc(C(=O)O)ccc2nc1-c1ccc2c(c1)OCO2. The molecule has 1 aromatic carbocycles. The lowest BCUT2D eigenvalue weighted by Gasteiger charge is -2.25. The molecule has 0 saturated carbocycles. The Kier molecular flexibility index (Phi) is 4.02. The summed E-state index contributed by atoms with van der Waals surface area (Å²) in [6.45, 7) is 4.27. The number of aromatic nitrogens is 3. The highest BCUT2D eigenvalue weighted by Crippen LogP contribution is 2.38. The van der Waals surface area contributed by atoms with Crippen LogP contribution in [0.25, 0.3) is 22.4 Å². The molecule has 2 aromatic heterocycles. The van der Waals surface area contributed by atoms with Gasteiger partial charge in [0.2, 0.25) is 6.79 Å². The molecule has 27 heavy (non-hydrogen) atoms. The molecule has 3 aromatic rings. The van der Waals surface area contributed by atoms with Crippen molar-refractivity contribution < 1.29 is 19.4 Å². The summed E-state index contributed by atoms with van der Waals surface area (Å²) >= 11 is 0. The van der Waals surface area contributed by atoms with E-state index in [4.69, 9.17) is 14.5 Å². The number of aromatic carboxylic acids is 1. The van der Waals surface area contributed by atoms with Gasteiger partial charge in [0.15, 0.2) is 28.7 Å². The number of carbonyl (C=O) groups is 1. The van der Waals surface area contributed by atoms with Gasteiger partial charge in [0, 0.05) is 18.7 Å². The number of carboxylic acid groups (broad SMARTS) is 1. The van der Waals surface area contributed by atoms with Crippen molar-refractivity contribution in [1.82, 2.24) is 15.0 Å². The first-order valence-electron chi connectivity index (χ1n) is 8.49. The fourth-order valence-corrected chi connectivity index (χ4v) is 2.78. The molecule has 4 rings (SSSR count). The Hall–Kier alpha value is -3.42. The summed E-state index contributed by atoms with van der Waals surface area (Å²) in [5, 5.41) is 9.19. The van der Waals surface area contributed by atoms with Gasteiger partial charge in [0.25, 0.3) is 0 Å². The van der Waals surface area contributed by atoms with Gasteiger partial charge in [-0.05, 0) is 44.2 Å². The lowest BCUT2D eigenvalue weighted by molar-refractivity contribution is 0.0691. The van der Waals surface area contributed by atoms with Gasteiger partial charge in [-0.1, -0.05) is 0 Å². The van der Waals surface area contributed by atoms with Crippen molar-refractivity contribution in [3.8, 4) is 22.8 Å². The summed E-state index contributed by atoms with van der Waals surface area (Å²) in [7, 11) is 1.91. The molecule has 1 N–H and O–H groups in total. The number of carboxylic acids is 1. The molecule has 8 heteroatoms. The molecule has 0 amide bonds. The van der Waals surface area contributed by atoms with Gasteiger partial charge in [-0.3, -0.25) is 0 Å². The first-order valence-corrected chi connectivity index (χ1v) is 8.49. The molecule has 8 nitrogen and oxygen atoms in total. The molecule has 1 aliphatic heterocycles. The summed E-state index contributed by atoms with van der Waals surface area (Å²) in [6.07, 6.45) is 0. The third-order valence-corrected chi connectivity index (χ3v) is 4.48. The third kappa shape index (κ3) is 2.99. The zero-order chi connectivity index (χ0) is 19.1. The first-order chi connectivity index (χ1) is 12.9. The summed E-state index contributed by atoms with van der Waals surface area (Å²) in [5.41, 5.74) is 2.25. The predicted molar refractivity (Wildman–Crippen MR) is 99.4 cm³/mol. The number of benzene rings is 1. The van der Waals surface area contributed by atoms with Crippen LogP contribution in [0, 0.1) is 0 Å². The number of ether oxygens (including phenoxy) is 2. The summed E-state index contributed by atoms with van der Waals surface area (Å²) in [6, 6.07) is 8.82. The van der Waals surface area contributed by atoms with Crippen LogP contribution < -0.4 is 14.4 Å². The maximum atomic E-state index is 11.2. The van der Waals surface area contributed by atoms with Crippen LogP contribution in [-0.2, 0) is 0 Å². The van der Waals surface area contributed by atoms with E-state index in [2.05, 4.69) is 9.97 Å². The molecule has 0 atom stereocenters. The average Bonchev–Trinajstić information content (AvgIpc) is 3.13. The highest BCUT2D eigenvalue weighted by atomic mass is 16.7. The molecule has 138 valence electrons. The lowest BCUT2D eigenvalue weighted by Crippen LogP contribution is -2.27. The minimum Gasteiger partial charge on any atom is -0.477 e. The molecule has 0 unspecified atom stereocenters. The van der Waals surface area contributed by atoms with E-state index in [0.29, 0.717) is 34.2 Å². The first kappa shape index (κ1) is 17.0. The molecule has 0 fully saturated rings. The largest absolute Gasteiger partial charge is 0.477 e. The molecular weight excluding hydrogens is 348 g/mol. The Morgan fingerprint density at radius 1 is 1.11 bits per heavy atom. The standard InChI is InChI=1S/C19H18N4O4/c1-10(2)23(3)18-16(11-4-7-14-15(8-11)27-9-26-14)20-12-5-6-13(19(24)25)21-17(12)22-18/h4-8,10H,9H2,1-3H3,(H,24,25). The molecule has 1 aliphatic rings. The Morgan fingerprint density at radius 3 is 2.63 bits per heavy atom. The number of fused-ring (bicyclic) bond motifs is 2. The molecule has 0 saturated heterocycles. The van der Waals surface area contributed by atoms with Crippen molar-refractivity contribution in [1.29, 1.82) is 0 Å². The maximum absolute atomic E-state index is 11.2. The van der Waals surface area contributed by atoms with Crippen molar-refractivity contribution in [3.05, 3.63) is 36.0 Å². The van der Waals surface area contributed by atoms with Crippen LogP contribution in [0.5, 0.6) is 11.5 Å². The van der Waals surface area contributed by atoms with Gasteiger partial charge < -0.3 is 19.5 Å². The van der Waals surface area contributed by atoms with Crippen molar-refractivity contribution in [2.45, 2.75) is 19.9 Å². The van der Waals surface area contributed by atoms with E-state index in [1.807, 2.05) is 44.0 Å². The minimum absolute atomic E-state index is 0.0641. The number of hydrogen-bond donors (Lipinski definition) is 1. The summed E-state index contributed by atoms with van der Waals surface area (Å²) in [5.74, 6) is 0.870. The average molecular weight is 366 g/mol. The lowest BCUT2D eigenvalue weighted by atomic mass is 10.1. The van der Waals surface area contributed by atoms with Crippen LogP contribution in [0.1, 0.15) is 24.3 Å². The van der Waals surface area contributed by atoms with E-state index >= 15 is 0 Å². The topological polar surface area (TPSA) is 97.7 Å². The van der Waals surface area contributed by atoms with E-state index in [9.17, 15) is 9.90 Å². The predicted octanol–water partition coefficient (Wildman–Crippen LogP) is 2.96. The highest BCUT2D eigenvalue weighted by Gasteiger charge is 2.21. The zero-order valence-electron chi connectivity index (χ0n) is 15.1. The van der Waals surface area contributed by atoms with E-state index in [0.717, 1.165) is 5.56 Å². The minimum atomic E-state index is -1.10. The van der Waals surface area contributed by atoms with Crippen LogP contribution in [0.4, 0.5) is 5.82 Å². The second-order valence-corrected chi connectivity index (χ2v) is 6.51. The second kappa shape index (κ2) is 6.39. The van der Waals surface area contributed by atoms with Crippen LogP contribution >= 0.6 is 0 Å². The van der Waals surface area contributed by atoms with E-state index in [-0.39, 0.29) is 18.5 Å². The summed E-state index contributed by atoms with van der Waals surface area (Å²) in [4.78, 5) is 26.7. The summed E-state index contributed by atoms with van der Waals surface area (Å²) < 4.78 is 10.9. The number of rotatable bonds is 4. The van der Waals surface area contributed by atoms with Gasteiger partial charge in [-0.25, -0.2) is 19.7 Å². The Bertz CT molecular complexity index is 1050. The molecular formula is C19H18N4O4. The number of nitrogens with zero attached hydrogens (tertiary/aromatic N) is 4. The molecule has 0 spiro atoms. The Labute approximate surface area is 155 Å². The van der Waals surface area contributed by atoms with Crippen LogP contribution in [0.15, 0.2) is 30.3 Å². The number of hydrogen-bond acceptors (Lipinski definition) is 7. The fraction of sp³-hybridized carbons (Fsp3) is 0.263. The monoisotopic (exact) mass is 366 g/mol.